The summed E-state index contributed by atoms with van der Waals surface area (Å²) in [4.78, 5) is 12.3. The van der Waals surface area contributed by atoms with Crippen LogP contribution in [0.3, 0.4) is 0 Å². The lowest BCUT2D eigenvalue weighted by molar-refractivity contribution is -0.116. The molecule has 1 aliphatic rings. The number of rotatable bonds is 7. The lowest BCUT2D eigenvalue weighted by Crippen LogP contribution is -2.45. The molecule has 0 spiro atoms. The molecule has 26 heavy (non-hydrogen) atoms. The second-order valence-corrected chi connectivity index (χ2v) is 9.07. The number of nitrogens with zero attached hydrogens (tertiary/aromatic N) is 2. The van der Waals surface area contributed by atoms with E-state index in [1.54, 1.807) is 21.2 Å². The SMILES string of the molecule is COc1ccc(NC(=O)CC[C@H]2CCCN(S(=O)(=O)N(C)C)C2)c(C)c1. The quantitative estimate of drug-likeness (QED) is 0.783. The molecule has 146 valence electrons. The number of carbonyl (C=O) groups excluding carboxylic acids is 1. The van der Waals surface area contributed by atoms with E-state index in [0.717, 1.165) is 29.8 Å². The lowest BCUT2D eigenvalue weighted by Gasteiger charge is -2.33. The van der Waals surface area contributed by atoms with E-state index in [4.69, 9.17) is 4.74 Å². The lowest BCUT2D eigenvalue weighted by atomic mass is 9.94. The number of anilines is 1. The van der Waals surface area contributed by atoms with Crippen molar-refractivity contribution in [1.29, 1.82) is 0 Å². The Morgan fingerprint density at radius 2 is 2.12 bits per heavy atom. The average Bonchev–Trinajstić information content (AvgIpc) is 2.61. The molecule has 0 aromatic heterocycles. The van der Waals surface area contributed by atoms with Crippen molar-refractivity contribution in [3.8, 4) is 5.75 Å². The van der Waals surface area contributed by atoms with Crippen LogP contribution in [0.25, 0.3) is 0 Å². The first-order chi connectivity index (χ1) is 12.2. The molecule has 0 saturated carbocycles. The van der Waals surface area contributed by atoms with E-state index in [0.29, 0.717) is 25.9 Å². The minimum Gasteiger partial charge on any atom is -0.497 e. The van der Waals surface area contributed by atoms with Gasteiger partial charge in [-0.1, -0.05) is 0 Å². The Bertz CT molecular complexity index is 734. The highest BCUT2D eigenvalue weighted by molar-refractivity contribution is 7.86. The van der Waals surface area contributed by atoms with Crippen molar-refractivity contribution in [3.63, 3.8) is 0 Å². The van der Waals surface area contributed by atoms with Crippen LogP contribution in [0.5, 0.6) is 5.75 Å². The topological polar surface area (TPSA) is 79.0 Å². The van der Waals surface area contributed by atoms with Crippen molar-refractivity contribution >= 4 is 21.8 Å². The summed E-state index contributed by atoms with van der Waals surface area (Å²) < 4.78 is 32.5. The molecule has 1 aromatic carbocycles. The molecule has 0 radical (unpaired) electrons. The van der Waals surface area contributed by atoms with E-state index >= 15 is 0 Å². The van der Waals surface area contributed by atoms with Gasteiger partial charge in [0.1, 0.15) is 5.75 Å². The summed E-state index contributed by atoms with van der Waals surface area (Å²) in [6.07, 6.45) is 2.84. The van der Waals surface area contributed by atoms with Crippen LogP contribution in [-0.2, 0) is 15.0 Å². The Morgan fingerprint density at radius 1 is 1.38 bits per heavy atom. The van der Waals surface area contributed by atoms with Crippen molar-refractivity contribution in [1.82, 2.24) is 8.61 Å². The van der Waals surface area contributed by atoms with Gasteiger partial charge in [-0.25, -0.2) is 0 Å². The zero-order chi connectivity index (χ0) is 19.3. The number of piperidine rings is 1. The van der Waals surface area contributed by atoms with Gasteiger partial charge >= 0.3 is 0 Å². The third-order valence-corrected chi connectivity index (χ3v) is 6.66. The summed E-state index contributed by atoms with van der Waals surface area (Å²) in [5, 5.41) is 2.93. The molecular weight excluding hydrogens is 354 g/mol. The Balaban J connectivity index is 1.87. The molecule has 1 amide bonds. The van der Waals surface area contributed by atoms with Gasteiger partial charge in [-0.2, -0.15) is 17.0 Å². The third kappa shape index (κ3) is 5.18. The Labute approximate surface area is 156 Å². The van der Waals surface area contributed by atoms with Crippen LogP contribution < -0.4 is 10.1 Å². The van der Waals surface area contributed by atoms with Crippen molar-refractivity contribution in [3.05, 3.63) is 23.8 Å². The van der Waals surface area contributed by atoms with E-state index in [2.05, 4.69) is 5.32 Å². The minimum atomic E-state index is -3.38. The van der Waals surface area contributed by atoms with Crippen molar-refractivity contribution in [2.45, 2.75) is 32.6 Å². The number of amides is 1. The molecule has 0 bridgehead atoms. The van der Waals surface area contributed by atoms with E-state index in [1.807, 2.05) is 25.1 Å². The molecule has 1 aliphatic heterocycles. The van der Waals surface area contributed by atoms with Gasteiger partial charge in [-0.3, -0.25) is 4.79 Å². The number of aryl methyl sites for hydroxylation is 1. The second kappa shape index (κ2) is 8.83. The van der Waals surface area contributed by atoms with Gasteiger partial charge in [0.05, 0.1) is 7.11 Å². The number of methoxy groups -OCH3 is 1. The molecule has 2 rings (SSSR count). The van der Waals surface area contributed by atoms with Crippen LogP contribution in [-0.4, -0.2) is 57.2 Å². The highest BCUT2D eigenvalue weighted by atomic mass is 32.2. The molecule has 1 fully saturated rings. The first kappa shape index (κ1) is 20.7. The molecule has 1 saturated heterocycles. The predicted octanol–water partition coefficient (Wildman–Crippen LogP) is 2.24. The largest absolute Gasteiger partial charge is 0.497 e. The predicted molar refractivity (Wildman–Crippen MR) is 102 cm³/mol. The molecule has 1 heterocycles. The highest BCUT2D eigenvalue weighted by Gasteiger charge is 2.30. The molecule has 1 N–H and O–H groups in total. The number of benzene rings is 1. The van der Waals surface area contributed by atoms with Gasteiger partial charge < -0.3 is 10.1 Å². The van der Waals surface area contributed by atoms with Crippen LogP contribution >= 0.6 is 0 Å². The summed E-state index contributed by atoms with van der Waals surface area (Å²) in [7, 11) is 1.32. The smallest absolute Gasteiger partial charge is 0.281 e. The van der Waals surface area contributed by atoms with Crippen molar-refractivity contribution in [2.24, 2.45) is 5.92 Å². The number of hydrogen-bond acceptors (Lipinski definition) is 4. The van der Waals surface area contributed by atoms with Gasteiger partial charge in [-0.15, -0.1) is 0 Å². The molecule has 7 nitrogen and oxygen atoms in total. The fourth-order valence-corrected chi connectivity index (χ4v) is 4.38. The average molecular weight is 384 g/mol. The van der Waals surface area contributed by atoms with Gasteiger partial charge in [0.25, 0.3) is 10.2 Å². The van der Waals surface area contributed by atoms with Crippen molar-refractivity contribution < 1.29 is 17.9 Å². The van der Waals surface area contributed by atoms with Gasteiger partial charge in [-0.05, 0) is 55.9 Å². The molecule has 1 aromatic rings. The highest BCUT2D eigenvalue weighted by Crippen LogP contribution is 2.25. The summed E-state index contributed by atoms with van der Waals surface area (Å²) in [6.45, 7) is 2.95. The second-order valence-electron chi connectivity index (χ2n) is 6.92. The van der Waals surface area contributed by atoms with Crippen LogP contribution in [0.15, 0.2) is 18.2 Å². The van der Waals surface area contributed by atoms with Gasteiger partial charge in [0.15, 0.2) is 0 Å². The summed E-state index contributed by atoms with van der Waals surface area (Å²) in [5.41, 5.74) is 1.72. The van der Waals surface area contributed by atoms with E-state index in [1.165, 1.54) is 8.61 Å². The standard InChI is InChI=1S/C18H29N3O4S/c1-14-12-16(25-4)8-9-17(14)19-18(22)10-7-15-6-5-11-21(13-15)26(23,24)20(2)3/h8-9,12,15H,5-7,10-11,13H2,1-4H3,(H,19,22)/t15-/m1/s1. The summed E-state index contributed by atoms with van der Waals surface area (Å²) >= 11 is 0. The maximum Gasteiger partial charge on any atom is 0.281 e. The van der Waals surface area contributed by atoms with E-state index in [-0.39, 0.29) is 11.8 Å². The molecule has 1 atom stereocenters. The van der Waals surface area contributed by atoms with Crippen LogP contribution in [0.1, 0.15) is 31.2 Å². The van der Waals surface area contributed by atoms with E-state index in [9.17, 15) is 13.2 Å². The maximum atomic E-state index is 12.3. The summed E-state index contributed by atoms with van der Waals surface area (Å²) in [6, 6.07) is 5.52. The van der Waals surface area contributed by atoms with Gasteiger partial charge in [0.2, 0.25) is 5.91 Å². The summed E-state index contributed by atoms with van der Waals surface area (Å²) in [5.74, 6) is 0.914. The van der Waals surface area contributed by atoms with Crippen LogP contribution in [0.4, 0.5) is 5.69 Å². The minimum absolute atomic E-state index is 0.0501. The molecule has 0 aliphatic carbocycles. The van der Waals surface area contributed by atoms with Gasteiger partial charge in [0, 0.05) is 39.3 Å². The monoisotopic (exact) mass is 383 g/mol. The Kier molecular flexibility index (Phi) is 7.02. The fraction of sp³-hybridized carbons (Fsp3) is 0.611. The van der Waals surface area contributed by atoms with Crippen LogP contribution in [0.2, 0.25) is 0 Å². The number of hydrogen-bond donors (Lipinski definition) is 1. The first-order valence-electron chi connectivity index (χ1n) is 8.86. The van der Waals surface area contributed by atoms with E-state index < -0.39 is 10.2 Å². The molecular formula is C18H29N3O4S. The maximum absolute atomic E-state index is 12.3. The zero-order valence-electron chi connectivity index (χ0n) is 16.0. The molecule has 8 heteroatoms. The third-order valence-electron chi connectivity index (χ3n) is 4.76. The zero-order valence-corrected chi connectivity index (χ0v) is 16.8. The number of nitrogens with one attached hydrogen (secondary N) is 1. The molecule has 0 unspecified atom stereocenters. The normalized spacial score (nSPS) is 18.7. The number of carbonyl (C=O) groups is 1. The number of ether oxygens (including phenoxy) is 1. The Morgan fingerprint density at radius 3 is 2.73 bits per heavy atom. The first-order valence-corrected chi connectivity index (χ1v) is 10.3. The Hall–Kier alpha value is -1.64. The van der Waals surface area contributed by atoms with Crippen LogP contribution in [0, 0.1) is 12.8 Å². The fourth-order valence-electron chi connectivity index (χ4n) is 3.15. The van der Waals surface area contributed by atoms with Crippen molar-refractivity contribution in [2.75, 3.05) is 39.6 Å².